The van der Waals surface area contributed by atoms with Crippen molar-refractivity contribution in [2.75, 3.05) is 24.3 Å². The lowest BCUT2D eigenvalue weighted by Crippen LogP contribution is -2.36. The predicted octanol–water partition coefficient (Wildman–Crippen LogP) is 3.63. The van der Waals surface area contributed by atoms with Crippen molar-refractivity contribution in [1.29, 1.82) is 0 Å². The Morgan fingerprint density at radius 2 is 1.89 bits per heavy atom. The number of methoxy groups -OCH3 is 1. The molecule has 2 aliphatic rings. The van der Waals surface area contributed by atoms with E-state index in [9.17, 15) is 9.59 Å². The van der Waals surface area contributed by atoms with Gasteiger partial charge in [-0.2, -0.15) is 0 Å². The Morgan fingerprint density at radius 3 is 2.67 bits per heavy atom. The third kappa shape index (κ3) is 3.89. The molecule has 1 fully saturated rings. The maximum Gasteiger partial charge on any atom is 0.323 e. The highest BCUT2D eigenvalue weighted by atomic mass is 16.5. The Hall–Kier alpha value is -3.02. The summed E-state index contributed by atoms with van der Waals surface area (Å²) in [5.74, 6) is 1.11. The van der Waals surface area contributed by atoms with E-state index in [1.807, 2.05) is 35.2 Å². The molecule has 27 heavy (non-hydrogen) atoms. The van der Waals surface area contributed by atoms with Gasteiger partial charge in [-0.05, 0) is 54.7 Å². The number of ether oxygens (including phenoxy) is 1. The smallest absolute Gasteiger partial charge is 0.323 e. The normalized spacial score (nSPS) is 15.7. The van der Waals surface area contributed by atoms with Gasteiger partial charge >= 0.3 is 6.03 Å². The van der Waals surface area contributed by atoms with Crippen LogP contribution < -0.4 is 15.4 Å². The van der Waals surface area contributed by atoms with Crippen LogP contribution in [0.1, 0.15) is 24.0 Å². The number of fused-ring (bicyclic) bond motifs is 1. The van der Waals surface area contributed by atoms with Gasteiger partial charge in [0.05, 0.1) is 12.8 Å². The minimum absolute atomic E-state index is 0.236. The fraction of sp³-hybridized carbons (Fsp3) is 0.333. The molecule has 0 saturated heterocycles. The van der Waals surface area contributed by atoms with E-state index in [0.29, 0.717) is 23.7 Å². The molecule has 2 aromatic carbocycles. The van der Waals surface area contributed by atoms with Crippen LogP contribution in [-0.4, -0.2) is 30.5 Å². The van der Waals surface area contributed by atoms with Crippen molar-refractivity contribution >= 4 is 23.3 Å². The molecular weight excluding hydrogens is 342 g/mol. The van der Waals surface area contributed by atoms with Crippen molar-refractivity contribution in [1.82, 2.24) is 4.90 Å². The number of carbonyl (C=O) groups is 2. The number of anilines is 2. The maximum atomic E-state index is 12.3. The average molecular weight is 365 g/mol. The summed E-state index contributed by atoms with van der Waals surface area (Å²) in [4.78, 5) is 26.6. The topological polar surface area (TPSA) is 70.7 Å². The van der Waals surface area contributed by atoms with E-state index < -0.39 is 0 Å². The number of para-hydroxylation sites is 2. The van der Waals surface area contributed by atoms with Crippen LogP contribution in [0.5, 0.6) is 5.75 Å². The van der Waals surface area contributed by atoms with Gasteiger partial charge in [-0.3, -0.25) is 4.79 Å². The molecule has 0 spiro atoms. The first-order valence-corrected chi connectivity index (χ1v) is 9.25. The van der Waals surface area contributed by atoms with Crippen molar-refractivity contribution < 1.29 is 14.3 Å². The van der Waals surface area contributed by atoms with Crippen LogP contribution in [0.2, 0.25) is 0 Å². The zero-order valence-electron chi connectivity index (χ0n) is 15.3. The van der Waals surface area contributed by atoms with Gasteiger partial charge in [0, 0.05) is 24.7 Å². The molecule has 0 atom stereocenters. The molecule has 0 radical (unpaired) electrons. The molecule has 2 aromatic rings. The summed E-state index contributed by atoms with van der Waals surface area (Å²) in [6, 6.07) is 12.8. The number of carbonyl (C=O) groups excluding carboxylic acids is 2. The third-order valence-electron chi connectivity index (χ3n) is 5.07. The van der Waals surface area contributed by atoms with Crippen LogP contribution in [0.25, 0.3) is 0 Å². The van der Waals surface area contributed by atoms with Crippen LogP contribution >= 0.6 is 0 Å². The average Bonchev–Trinajstić information content (AvgIpc) is 3.52. The van der Waals surface area contributed by atoms with Crippen molar-refractivity contribution in [3.8, 4) is 5.75 Å². The number of nitrogens with zero attached hydrogens (tertiary/aromatic N) is 1. The summed E-state index contributed by atoms with van der Waals surface area (Å²) in [5, 5.41) is 5.66. The van der Waals surface area contributed by atoms with Gasteiger partial charge in [-0.1, -0.05) is 18.2 Å². The molecule has 140 valence electrons. The molecule has 1 heterocycles. The second-order valence-electron chi connectivity index (χ2n) is 7.05. The van der Waals surface area contributed by atoms with Crippen LogP contribution in [0, 0.1) is 5.92 Å². The lowest BCUT2D eigenvalue weighted by molar-refractivity contribution is -0.133. The van der Waals surface area contributed by atoms with Crippen molar-refractivity contribution in [2.45, 2.75) is 25.8 Å². The monoisotopic (exact) mass is 365 g/mol. The Balaban J connectivity index is 1.43. The first kappa shape index (κ1) is 17.4. The van der Waals surface area contributed by atoms with Gasteiger partial charge in [0.15, 0.2) is 0 Å². The predicted molar refractivity (Wildman–Crippen MR) is 104 cm³/mol. The lowest BCUT2D eigenvalue weighted by Gasteiger charge is -2.29. The summed E-state index contributed by atoms with van der Waals surface area (Å²) >= 11 is 0. The molecule has 1 saturated carbocycles. The van der Waals surface area contributed by atoms with Crippen LogP contribution in [0.3, 0.4) is 0 Å². The molecule has 0 aromatic heterocycles. The highest BCUT2D eigenvalue weighted by molar-refractivity contribution is 6.00. The van der Waals surface area contributed by atoms with Gasteiger partial charge in [0.1, 0.15) is 5.75 Å². The van der Waals surface area contributed by atoms with E-state index in [0.717, 1.165) is 31.4 Å². The number of hydrogen-bond donors (Lipinski definition) is 2. The van der Waals surface area contributed by atoms with Crippen LogP contribution in [0.4, 0.5) is 16.2 Å². The lowest BCUT2D eigenvalue weighted by atomic mass is 9.98. The van der Waals surface area contributed by atoms with Crippen molar-refractivity contribution in [2.24, 2.45) is 5.92 Å². The third-order valence-corrected chi connectivity index (χ3v) is 5.07. The van der Waals surface area contributed by atoms with E-state index in [1.165, 1.54) is 5.56 Å². The van der Waals surface area contributed by atoms with E-state index in [2.05, 4.69) is 10.6 Å². The Morgan fingerprint density at radius 1 is 1.07 bits per heavy atom. The first-order valence-electron chi connectivity index (χ1n) is 9.25. The molecule has 4 rings (SSSR count). The van der Waals surface area contributed by atoms with Crippen molar-refractivity contribution in [3.05, 3.63) is 53.6 Å². The van der Waals surface area contributed by atoms with E-state index in [4.69, 9.17) is 4.74 Å². The van der Waals surface area contributed by atoms with Crippen molar-refractivity contribution in [3.63, 3.8) is 0 Å². The zero-order valence-corrected chi connectivity index (χ0v) is 15.3. The summed E-state index contributed by atoms with van der Waals surface area (Å²) < 4.78 is 5.25. The van der Waals surface area contributed by atoms with Gasteiger partial charge in [-0.15, -0.1) is 0 Å². The molecular formula is C21H23N3O3. The fourth-order valence-electron chi connectivity index (χ4n) is 3.44. The first-order chi connectivity index (χ1) is 13.1. The van der Waals surface area contributed by atoms with E-state index in [1.54, 1.807) is 19.2 Å². The highest BCUT2D eigenvalue weighted by Gasteiger charge is 2.34. The molecule has 0 unspecified atom stereocenters. The number of benzene rings is 2. The van der Waals surface area contributed by atoms with Gasteiger partial charge < -0.3 is 20.3 Å². The van der Waals surface area contributed by atoms with Crippen LogP contribution in [-0.2, 0) is 17.8 Å². The standard InChI is InChI=1S/C21H23N3O3/c1-27-19-5-3-2-4-18(19)23-21(26)22-17-9-8-14-10-11-24(13-16(14)12-17)20(25)15-6-7-15/h2-5,8-9,12,15H,6-7,10-11,13H2,1H3,(H2,22,23,26). The second kappa shape index (κ2) is 7.31. The zero-order chi connectivity index (χ0) is 18.8. The number of urea groups is 1. The largest absolute Gasteiger partial charge is 0.495 e. The Labute approximate surface area is 158 Å². The summed E-state index contributed by atoms with van der Waals surface area (Å²) in [5.41, 5.74) is 3.66. The molecule has 0 bridgehead atoms. The van der Waals surface area contributed by atoms with Crippen LogP contribution in [0.15, 0.2) is 42.5 Å². The number of hydrogen-bond acceptors (Lipinski definition) is 3. The molecule has 3 amide bonds. The number of nitrogens with one attached hydrogen (secondary N) is 2. The van der Waals surface area contributed by atoms with E-state index in [-0.39, 0.29) is 17.9 Å². The molecule has 6 heteroatoms. The molecule has 2 N–H and O–H groups in total. The minimum atomic E-state index is -0.332. The van der Waals surface area contributed by atoms with Gasteiger partial charge in [0.25, 0.3) is 0 Å². The summed E-state index contributed by atoms with van der Waals surface area (Å²) in [7, 11) is 1.57. The van der Waals surface area contributed by atoms with Gasteiger partial charge in [-0.25, -0.2) is 4.79 Å². The number of rotatable bonds is 4. The quantitative estimate of drug-likeness (QED) is 0.869. The summed E-state index contributed by atoms with van der Waals surface area (Å²) in [6.07, 6.45) is 2.90. The number of amides is 3. The maximum absolute atomic E-state index is 12.3. The molecule has 1 aliphatic heterocycles. The summed E-state index contributed by atoms with van der Waals surface area (Å²) in [6.45, 7) is 1.40. The molecule has 1 aliphatic carbocycles. The van der Waals surface area contributed by atoms with E-state index >= 15 is 0 Å². The Bertz CT molecular complexity index is 877. The van der Waals surface area contributed by atoms with Gasteiger partial charge in [0.2, 0.25) is 5.91 Å². The second-order valence-corrected chi connectivity index (χ2v) is 7.05. The fourth-order valence-corrected chi connectivity index (χ4v) is 3.44. The highest BCUT2D eigenvalue weighted by Crippen LogP contribution is 2.33. The SMILES string of the molecule is COc1ccccc1NC(=O)Nc1ccc2c(c1)CN(C(=O)C1CC1)CC2. The minimum Gasteiger partial charge on any atom is -0.495 e. The molecule has 6 nitrogen and oxygen atoms in total. The Kier molecular flexibility index (Phi) is 4.71.